The average Bonchev–Trinajstić information content (AvgIpc) is 2.54. The van der Waals surface area contributed by atoms with E-state index in [1.165, 1.54) is 6.92 Å². The molecule has 0 heterocycles. The van der Waals surface area contributed by atoms with Gasteiger partial charge in [0, 0.05) is 18.2 Å². The van der Waals surface area contributed by atoms with Gasteiger partial charge in [0.1, 0.15) is 0 Å². The van der Waals surface area contributed by atoms with Crippen LogP contribution in [-0.4, -0.2) is 11.8 Å². The molecule has 2 N–H and O–H groups in total. The van der Waals surface area contributed by atoms with E-state index in [9.17, 15) is 9.59 Å². The highest BCUT2D eigenvalue weighted by atomic mass is 16.2. The van der Waals surface area contributed by atoms with Crippen molar-refractivity contribution in [3.63, 3.8) is 0 Å². The first-order valence-electron chi connectivity index (χ1n) is 8.19. The van der Waals surface area contributed by atoms with Gasteiger partial charge >= 0.3 is 0 Å². The molecule has 0 radical (unpaired) electrons. The molecule has 0 bridgehead atoms. The average molecular weight is 324 g/mol. The molecule has 0 aliphatic rings. The van der Waals surface area contributed by atoms with E-state index in [2.05, 4.69) is 24.5 Å². The molecule has 0 aliphatic carbocycles. The number of benzene rings is 2. The zero-order valence-electron chi connectivity index (χ0n) is 14.4. The van der Waals surface area contributed by atoms with Gasteiger partial charge in [-0.2, -0.15) is 0 Å². The summed E-state index contributed by atoms with van der Waals surface area (Å²) in [5.74, 6) is 0.160. The first-order valence-corrected chi connectivity index (χ1v) is 8.19. The van der Waals surface area contributed by atoms with Crippen molar-refractivity contribution in [3.05, 3.63) is 65.7 Å². The molecule has 2 amide bonds. The fraction of sp³-hybridized carbons (Fsp3) is 0.300. The monoisotopic (exact) mass is 324 g/mol. The van der Waals surface area contributed by atoms with Crippen LogP contribution in [0, 0.1) is 5.92 Å². The van der Waals surface area contributed by atoms with Crippen molar-refractivity contribution in [2.45, 2.75) is 33.2 Å². The number of nitrogens with one attached hydrogen (secondary N) is 2. The Morgan fingerprint density at radius 3 is 2.33 bits per heavy atom. The van der Waals surface area contributed by atoms with Gasteiger partial charge in [-0.15, -0.1) is 0 Å². The molecule has 4 nitrogen and oxygen atoms in total. The summed E-state index contributed by atoms with van der Waals surface area (Å²) in [7, 11) is 0. The Bertz CT molecular complexity index is 696. The maximum atomic E-state index is 12.6. The van der Waals surface area contributed by atoms with Crippen LogP contribution in [0.1, 0.15) is 49.2 Å². The molecular formula is C20H24N2O2. The Balaban J connectivity index is 2.17. The fourth-order valence-corrected chi connectivity index (χ4v) is 2.62. The quantitative estimate of drug-likeness (QED) is 0.838. The number of anilines is 1. The van der Waals surface area contributed by atoms with Gasteiger partial charge in [0.2, 0.25) is 5.91 Å². The molecule has 1 atom stereocenters. The SMILES string of the molecule is CC(=O)Nc1cccc(C(=O)NC(CC(C)C)c2ccccc2)c1. The summed E-state index contributed by atoms with van der Waals surface area (Å²) >= 11 is 0. The summed E-state index contributed by atoms with van der Waals surface area (Å²) in [4.78, 5) is 23.8. The third-order valence-corrected chi connectivity index (χ3v) is 3.66. The minimum Gasteiger partial charge on any atom is -0.345 e. The number of rotatable bonds is 6. The highest BCUT2D eigenvalue weighted by Gasteiger charge is 2.17. The summed E-state index contributed by atoms with van der Waals surface area (Å²) in [6.45, 7) is 5.72. The zero-order valence-corrected chi connectivity index (χ0v) is 14.4. The molecule has 0 saturated carbocycles. The van der Waals surface area contributed by atoms with Crippen LogP contribution in [0.4, 0.5) is 5.69 Å². The maximum Gasteiger partial charge on any atom is 0.251 e. The molecule has 1 unspecified atom stereocenters. The molecule has 2 aromatic carbocycles. The van der Waals surface area contributed by atoms with Crippen molar-refractivity contribution in [2.24, 2.45) is 5.92 Å². The van der Waals surface area contributed by atoms with E-state index in [4.69, 9.17) is 0 Å². The maximum absolute atomic E-state index is 12.6. The minimum atomic E-state index is -0.158. The molecule has 24 heavy (non-hydrogen) atoms. The van der Waals surface area contributed by atoms with Gasteiger partial charge in [-0.1, -0.05) is 50.2 Å². The number of hydrogen-bond acceptors (Lipinski definition) is 2. The van der Waals surface area contributed by atoms with E-state index >= 15 is 0 Å². The summed E-state index contributed by atoms with van der Waals surface area (Å²) in [5.41, 5.74) is 2.25. The van der Waals surface area contributed by atoms with Gasteiger partial charge in [0.15, 0.2) is 0 Å². The topological polar surface area (TPSA) is 58.2 Å². The van der Waals surface area contributed by atoms with Crippen LogP contribution in [-0.2, 0) is 4.79 Å². The van der Waals surface area contributed by atoms with Crippen LogP contribution < -0.4 is 10.6 Å². The van der Waals surface area contributed by atoms with Crippen LogP contribution in [0.5, 0.6) is 0 Å². The van der Waals surface area contributed by atoms with E-state index in [0.29, 0.717) is 17.2 Å². The van der Waals surface area contributed by atoms with Crippen molar-refractivity contribution < 1.29 is 9.59 Å². The summed E-state index contributed by atoms with van der Waals surface area (Å²) in [6, 6.07) is 16.9. The summed E-state index contributed by atoms with van der Waals surface area (Å²) in [5, 5.41) is 5.81. The minimum absolute atomic E-state index is 0.0388. The van der Waals surface area contributed by atoms with Crippen LogP contribution in [0.2, 0.25) is 0 Å². The molecule has 0 fully saturated rings. The van der Waals surface area contributed by atoms with Crippen LogP contribution >= 0.6 is 0 Å². The molecule has 0 spiro atoms. The lowest BCUT2D eigenvalue weighted by molar-refractivity contribution is -0.114. The smallest absolute Gasteiger partial charge is 0.251 e. The molecule has 4 heteroatoms. The second-order valence-corrected chi connectivity index (χ2v) is 6.33. The summed E-state index contributed by atoms with van der Waals surface area (Å²) in [6.07, 6.45) is 0.862. The fourth-order valence-electron chi connectivity index (χ4n) is 2.62. The molecular weight excluding hydrogens is 300 g/mol. The molecule has 0 aromatic heterocycles. The number of carbonyl (C=O) groups is 2. The summed E-state index contributed by atoms with van der Waals surface area (Å²) < 4.78 is 0. The normalized spacial score (nSPS) is 11.8. The first kappa shape index (κ1) is 17.7. The van der Waals surface area contributed by atoms with Crippen molar-refractivity contribution in [2.75, 3.05) is 5.32 Å². The van der Waals surface area contributed by atoms with E-state index in [1.807, 2.05) is 30.3 Å². The van der Waals surface area contributed by atoms with Crippen molar-refractivity contribution in [3.8, 4) is 0 Å². The lowest BCUT2D eigenvalue weighted by Crippen LogP contribution is -2.29. The van der Waals surface area contributed by atoms with Crippen LogP contribution in [0.15, 0.2) is 54.6 Å². The van der Waals surface area contributed by atoms with Crippen LogP contribution in [0.25, 0.3) is 0 Å². The lowest BCUT2D eigenvalue weighted by atomic mass is 9.96. The standard InChI is InChI=1S/C20H24N2O2/c1-14(2)12-19(16-8-5-4-6-9-16)22-20(24)17-10-7-11-18(13-17)21-15(3)23/h4-11,13-14,19H,12H2,1-3H3,(H,21,23)(H,22,24). The van der Waals surface area contributed by atoms with Gasteiger partial charge < -0.3 is 10.6 Å². The largest absolute Gasteiger partial charge is 0.345 e. The highest BCUT2D eigenvalue weighted by Crippen LogP contribution is 2.22. The molecule has 0 saturated heterocycles. The second-order valence-electron chi connectivity index (χ2n) is 6.33. The predicted octanol–water partition coefficient (Wildman–Crippen LogP) is 4.16. The van der Waals surface area contributed by atoms with E-state index < -0.39 is 0 Å². The van der Waals surface area contributed by atoms with E-state index in [-0.39, 0.29) is 17.9 Å². The van der Waals surface area contributed by atoms with Crippen molar-refractivity contribution in [1.82, 2.24) is 5.32 Å². The zero-order chi connectivity index (χ0) is 17.5. The van der Waals surface area contributed by atoms with Gasteiger partial charge in [0.25, 0.3) is 5.91 Å². The van der Waals surface area contributed by atoms with E-state index in [1.54, 1.807) is 24.3 Å². The van der Waals surface area contributed by atoms with Gasteiger partial charge in [-0.3, -0.25) is 9.59 Å². The molecule has 126 valence electrons. The predicted molar refractivity (Wildman–Crippen MR) is 96.8 cm³/mol. The Morgan fingerprint density at radius 1 is 1.00 bits per heavy atom. The lowest BCUT2D eigenvalue weighted by Gasteiger charge is -2.21. The van der Waals surface area contributed by atoms with Crippen LogP contribution in [0.3, 0.4) is 0 Å². The molecule has 2 aromatic rings. The number of hydrogen-bond donors (Lipinski definition) is 2. The van der Waals surface area contributed by atoms with Crippen molar-refractivity contribution in [1.29, 1.82) is 0 Å². The van der Waals surface area contributed by atoms with Gasteiger partial charge in [-0.25, -0.2) is 0 Å². The Kier molecular flexibility index (Phi) is 6.13. The Hall–Kier alpha value is -2.62. The van der Waals surface area contributed by atoms with Gasteiger partial charge in [0.05, 0.1) is 6.04 Å². The number of amides is 2. The second kappa shape index (κ2) is 8.29. The first-order chi connectivity index (χ1) is 11.5. The van der Waals surface area contributed by atoms with E-state index in [0.717, 1.165) is 12.0 Å². The third-order valence-electron chi connectivity index (χ3n) is 3.66. The molecule has 0 aliphatic heterocycles. The Labute approximate surface area is 143 Å². The Morgan fingerprint density at radius 2 is 1.71 bits per heavy atom. The molecule has 2 rings (SSSR count). The third kappa shape index (κ3) is 5.23. The van der Waals surface area contributed by atoms with Crippen molar-refractivity contribution >= 4 is 17.5 Å². The van der Waals surface area contributed by atoms with Gasteiger partial charge in [-0.05, 0) is 36.1 Å². The highest BCUT2D eigenvalue weighted by molar-refractivity contribution is 5.97. The number of carbonyl (C=O) groups excluding carboxylic acids is 2.